The molecular formula is C23H17FN2O3. The van der Waals surface area contributed by atoms with Crippen LogP contribution in [0.4, 0.5) is 4.39 Å². The number of ether oxygens (including phenoxy) is 1. The monoisotopic (exact) mass is 388 g/mol. The van der Waals surface area contributed by atoms with Gasteiger partial charge >= 0.3 is 0 Å². The summed E-state index contributed by atoms with van der Waals surface area (Å²) in [5.74, 6) is 1.34. The molecule has 0 radical (unpaired) electrons. The molecule has 6 heteroatoms. The molecule has 0 bridgehead atoms. The summed E-state index contributed by atoms with van der Waals surface area (Å²) < 4.78 is 23.9. The maximum atomic E-state index is 13.0. The summed E-state index contributed by atoms with van der Waals surface area (Å²) in [5.41, 5.74) is 1.87. The van der Waals surface area contributed by atoms with Crippen LogP contribution in [0.1, 0.15) is 22.5 Å². The average molecular weight is 388 g/mol. The third-order valence-corrected chi connectivity index (χ3v) is 4.32. The summed E-state index contributed by atoms with van der Waals surface area (Å²) in [6.45, 7) is 0. The van der Waals surface area contributed by atoms with Crippen molar-refractivity contribution >= 4 is 5.78 Å². The second-order valence-electron chi connectivity index (χ2n) is 6.41. The molecule has 4 rings (SSSR count). The zero-order valence-corrected chi connectivity index (χ0v) is 15.4. The fourth-order valence-corrected chi connectivity index (χ4v) is 2.78. The maximum Gasteiger partial charge on any atom is 0.219 e. The Labute approximate surface area is 166 Å². The van der Waals surface area contributed by atoms with Crippen LogP contribution in [-0.2, 0) is 6.42 Å². The third kappa shape index (κ3) is 4.73. The van der Waals surface area contributed by atoms with Crippen molar-refractivity contribution in [1.82, 2.24) is 10.1 Å². The number of ketones is 1. The van der Waals surface area contributed by atoms with Crippen LogP contribution in [0.2, 0.25) is 0 Å². The molecule has 0 atom stereocenters. The van der Waals surface area contributed by atoms with Gasteiger partial charge in [0.05, 0.1) is 0 Å². The Kier molecular flexibility index (Phi) is 5.42. The lowest BCUT2D eigenvalue weighted by atomic mass is 10.1. The van der Waals surface area contributed by atoms with Crippen molar-refractivity contribution in [2.24, 2.45) is 0 Å². The predicted octanol–water partition coefficient (Wildman–Crippen LogP) is 5.48. The quantitative estimate of drug-likeness (QED) is 0.392. The van der Waals surface area contributed by atoms with E-state index in [0.29, 0.717) is 35.1 Å². The maximum absolute atomic E-state index is 13.0. The van der Waals surface area contributed by atoms with Gasteiger partial charge in [0, 0.05) is 42.3 Å². The normalized spacial score (nSPS) is 10.7. The number of carbonyl (C=O) groups excluding carboxylic acids is 1. The van der Waals surface area contributed by atoms with Gasteiger partial charge < -0.3 is 9.26 Å². The average Bonchev–Trinajstić information content (AvgIpc) is 3.23. The number of aromatic nitrogens is 2. The van der Waals surface area contributed by atoms with Gasteiger partial charge in [-0.25, -0.2) is 9.37 Å². The van der Waals surface area contributed by atoms with E-state index in [1.54, 1.807) is 30.3 Å². The molecule has 0 aliphatic rings. The zero-order chi connectivity index (χ0) is 20.1. The first-order valence-electron chi connectivity index (χ1n) is 9.11. The van der Waals surface area contributed by atoms with Crippen molar-refractivity contribution in [2.45, 2.75) is 12.8 Å². The summed E-state index contributed by atoms with van der Waals surface area (Å²) >= 11 is 0. The second kappa shape index (κ2) is 8.48. The Bertz CT molecular complexity index is 1090. The van der Waals surface area contributed by atoms with E-state index in [0.717, 1.165) is 5.56 Å². The van der Waals surface area contributed by atoms with Gasteiger partial charge in [0.2, 0.25) is 5.88 Å². The van der Waals surface area contributed by atoms with Gasteiger partial charge in [-0.1, -0.05) is 23.4 Å². The lowest BCUT2D eigenvalue weighted by Crippen LogP contribution is -2.01. The van der Waals surface area contributed by atoms with Crippen LogP contribution < -0.4 is 4.74 Å². The molecule has 29 heavy (non-hydrogen) atoms. The Morgan fingerprint density at radius 2 is 1.79 bits per heavy atom. The van der Waals surface area contributed by atoms with Gasteiger partial charge in [0.1, 0.15) is 23.0 Å². The third-order valence-electron chi connectivity index (χ3n) is 4.32. The van der Waals surface area contributed by atoms with E-state index in [2.05, 4.69) is 10.1 Å². The van der Waals surface area contributed by atoms with E-state index >= 15 is 0 Å². The first-order valence-corrected chi connectivity index (χ1v) is 9.11. The number of Topliss-reactive ketones (excluding diaryl/α,β-unsaturated/α-hetero) is 1. The first kappa shape index (κ1) is 18.6. The number of hydrogen-bond donors (Lipinski definition) is 0. The SMILES string of the molecule is O=C(CCc1cc(-c2ccc(F)cc2)no1)c1ccc(Oc2ccccc2)nc1. The van der Waals surface area contributed by atoms with Crippen LogP contribution in [0.5, 0.6) is 11.6 Å². The number of para-hydroxylation sites is 1. The van der Waals surface area contributed by atoms with Gasteiger partial charge in [-0.2, -0.15) is 0 Å². The molecule has 0 aliphatic carbocycles. The highest BCUT2D eigenvalue weighted by Gasteiger charge is 2.11. The number of hydrogen-bond acceptors (Lipinski definition) is 5. The van der Waals surface area contributed by atoms with Crippen molar-refractivity contribution in [1.29, 1.82) is 0 Å². The number of pyridine rings is 1. The Morgan fingerprint density at radius 3 is 2.52 bits per heavy atom. The molecule has 4 aromatic rings. The van der Waals surface area contributed by atoms with E-state index in [1.807, 2.05) is 30.3 Å². The lowest BCUT2D eigenvalue weighted by molar-refractivity contribution is 0.0980. The van der Waals surface area contributed by atoms with Gasteiger partial charge in [0.25, 0.3) is 0 Å². The van der Waals surface area contributed by atoms with E-state index in [4.69, 9.17) is 9.26 Å². The standard InChI is InChI=1S/C23H17FN2O3/c24-18-9-6-16(7-10-18)21-14-20(29-26-21)11-12-22(27)17-8-13-23(25-15-17)28-19-4-2-1-3-5-19/h1-10,13-15H,11-12H2. The fourth-order valence-electron chi connectivity index (χ4n) is 2.78. The Hall–Kier alpha value is -3.80. The van der Waals surface area contributed by atoms with Crippen LogP contribution in [0.3, 0.4) is 0 Å². The summed E-state index contributed by atoms with van der Waals surface area (Å²) in [7, 11) is 0. The number of carbonyl (C=O) groups is 1. The van der Waals surface area contributed by atoms with Crippen LogP contribution in [0.25, 0.3) is 11.3 Å². The zero-order valence-electron chi connectivity index (χ0n) is 15.4. The highest BCUT2D eigenvalue weighted by atomic mass is 19.1. The topological polar surface area (TPSA) is 65.2 Å². The largest absolute Gasteiger partial charge is 0.439 e. The number of benzene rings is 2. The molecule has 2 heterocycles. The summed E-state index contributed by atoms with van der Waals surface area (Å²) in [5, 5.41) is 3.98. The molecule has 0 fully saturated rings. The molecule has 0 aliphatic heterocycles. The molecule has 2 aromatic carbocycles. The minimum Gasteiger partial charge on any atom is -0.439 e. The van der Waals surface area contributed by atoms with E-state index in [9.17, 15) is 9.18 Å². The van der Waals surface area contributed by atoms with E-state index in [1.165, 1.54) is 18.3 Å². The number of nitrogens with zero attached hydrogens (tertiary/aromatic N) is 2. The Morgan fingerprint density at radius 1 is 1.00 bits per heavy atom. The lowest BCUT2D eigenvalue weighted by Gasteiger charge is -2.05. The van der Waals surface area contributed by atoms with Crippen molar-refractivity contribution in [2.75, 3.05) is 0 Å². The minimum atomic E-state index is -0.308. The highest BCUT2D eigenvalue weighted by molar-refractivity contribution is 5.95. The van der Waals surface area contributed by atoms with E-state index < -0.39 is 0 Å². The van der Waals surface area contributed by atoms with Crippen molar-refractivity contribution < 1.29 is 18.4 Å². The second-order valence-corrected chi connectivity index (χ2v) is 6.41. The van der Waals surface area contributed by atoms with Gasteiger partial charge in [-0.15, -0.1) is 0 Å². The molecule has 0 spiro atoms. The van der Waals surface area contributed by atoms with Gasteiger partial charge in [-0.3, -0.25) is 4.79 Å². The molecule has 0 saturated carbocycles. The van der Waals surface area contributed by atoms with Crippen molar-refractivity contribution in [3.8, 4) is 22.9 Å². The van der Waals surface area contributed by atoms with Crippen LogP contribution in [0, 0.1) is 5.82 Å². The molecule has 0 amide bonds. The van der Waals surface area contributed by atoms with Crippen LogP contribution >= 0.6 is 0 Å². The first-order chi connectivity index (χ1) is 14.2. The fraction of sp³-hybridized carbons (Fsp3) is 0.0870. The van der Waals surface area contributed by atoms with Crippen molar-refractivity contribution in [3.63, 3.8) is 0 Å². The van der Waals surface area contributed by atoms with Gasteiger partial charge in [-0.05, 0) is 42.5 Å². The minimum absolute atomic E-state index is 0.0523. The highest BCUT2D eigenvalue weighted by Crippen LogP contribution is 2.21. The predicted molar refractivity (Wildman–Crippen MR) is 105 cm³/mol. The number of aryl methyl sites for hydroxylation is 1. The smallest absolute Gasteiger partial charge is 0.219 e. The van der Waals surface area contributed by atoms with Crippen molar-refractivity contribution in [3.05, 3.63) is 96.1 Å². The summed E-state index contributed by atoms with van der Waals surface area (Å²) in [6.07, 6.45) is 2.18. The van der Waals surface area contributed by atoms with E-state index in [-0.39, 0.29) is 18.0 Å². The summed E-state index contributed by atoms with van der Waals surface area (Å²) in [4.78, 5) is 16.6. The molecule has 0 N–H and O–H groups in total. The molecule has 2 aromatic heterocycles. The molecule has 0 unspecified atom stereocenters. The molecular weight excluding hydrogens is 371 g/mol. The molecule has 0 saturated heterocycles. The van der Waals surface area contributed by atoms with Crippen LogP contribution in [-0.4, -0.2) is 15.9 Å². The molecule has 144 valence electrons. The Balaban J connectivity index is 1.34. The van der Waals surface area contributed by atoms with Crippen LogP contribution in [0.15, 0.2) is 83.5 Å². The number of rotatable bonds is 7. The number of halogens is 1. The molecule has 5 nitrogen and oxygen atoms in total. The van der Waals surface area contributed by atoms with Gasteiger partial charge in [0.15, 0.2) is 5.78 Å². The summed E-state index contributed by atoms with van der Waals surface area (Å²) in [6, 6.07) is 20.4.